The lowest BCUT2D eigenvalue weighted by atomic mass is 10.1. The van der Waals surface area contributed by atoms with E-state index in [9.17, 15) is 4.79 Å². The van der Waals surface area contributed by atoms with Crippen LogP contribution in [0.15, 0.2) is 24.3 Å². The van der Waals surface area contributed by atoms with Crippen molar-refractivity contribution in [3.8, 4) is 5.75 Å². The molecule has 1 amide bonds. The molecule has 3 heterocycles. The van der Waals surface area contributed by atoms with E-state index in [1.54, 1.807) is 7.11 Å². The molecule has 7 nitrogen and oxygen atoms in total. The highest BCUT2D eigenvalue weighted by Gasteiger charge is 2.23. The van der Waals surface area contributed by atoms with Crippen LogP contribution in [0.1, 0.15) is 22.5 Å². The van der Waals surface area contributed by atoms with Crippen molar-refractivity contribution >= 4 is 11.9 Å². The summed E-state index contributed by atoms with van der Waals surface area (Å²) in [5.74, 6) is 1.75. The third-order valence-electron chi connectivity index (χ3n) is 5.70. The summed E-state index contributed by atoms with van der Waals surface area (Å²) < 4.78 is 10.6. The van der Waals surface area contributed by atoms with E-state index in [2.05, 4.69) is 11.8 Å². The van der Waals surface area contributed by atoms with Crippen LogP contribution in [-0.2, 0) is 28.8 Å². The first-order chi connectivity index (χ1) is 14.1. The molecule has 154 valence electrons. The van der Waals surface area contributed by atoms with E-state index < -0.39 is 0 Å². The third-order valence-corrected chi connectivity index (χ3v) is 5.70. The topological polar surface area (TPSA) is 67.8 Å². The minimum absolute atomic E-state index is 0.155. The Bertz CT molecular complexity index is 863. The first-order valence-corrected chi connectivity index (χ1v) is 10.2. The summed E-state index contributed by atoms with van der Waals surface area (Å²) in [6.07, 6.45) is 1.98. The van der Waals surface area contributed by atoms with Gasteiger partial charge in [-0.1, -0.05) is 12.1 Å². The van der Waals surface area contributed by atoms with Gasteiger partial charge in [-0.25, -0.2) is 9.97 Å². The summed E-state index contributed by atoms with van der Waals surface area (Å²) in [7, 11) is 1.64. The fraction of sp³-hybridized carbons (Fsp3) is 0.500. The highest BCUT2D eigenvalue weighted by molar-refractivity contribution is 5.79. The number of aromatic nitrogens is 2. The molecule has 2 aromatic rings. The van der Waals surface area contributed by atoms with Gasteiger partial charge in [0.2, 0.25) is 11.9 Å². The van der Waals surface area contributed by atoms with E-state index in [-0.39, 0.29) is 5.91 Å². The Morgan fingerprint density at radius 2 is 1.79 bits per heavy atom. The summed E-state index contributed by atoms with van der Waals surface area (Å²) in [5.41, 5.74) is 4.31. The Labute approximate surface area is 171 Å². The number of benzene rings is 1. The zero-order valence-corrected chi connectivity index (χ0v) is 17.2. The van der Waals surface area contributed by atoms with Gasteiger partial charge < -0.3 is 19.3 Å². The molecule has 7 heteroatoms. The number of ether oxygens (including phenoxy) is 2. The predicted octanol–water partition coefficient (Wildman–Crippen LogP) is 1.80. The maximum atomic E-state index is 12.9. The molecule has 4 rings (SSSR count). The lowest BCUT2D eigenvalue weighted by Crippen LogP contribution is -2.37. The van der Waals surface area contributed by atoms with Crippen molar-refractivity contribution < 1.29 is 14.3 Å². The summed E-state index contributed by atoms with van der Waals surface area (Å²) in [6, 6.07) is 7.70. The molecular formula is C22H28N4O3. The first-order valence-electron chi connectivity index (χ1n) is 10.2. The second kappa shape index (κ2) is 8.78. The maximum absolute atomic E-state index is 12.9. The zero-order valence-electron chi connectivity index (χ0n) is 17.2. The van der Waals surface area contributed by atoms with E-state index in [4.69, 9.17) is 19.4 Å². The maximum Gasteiger partial charge on any atom is 0.227 e. The molecule has 1 aromatic heterocycles. The fourth-order valence-electron chi connectivity index (χ4n) is 3.95. The molecule has 0 unspecified atom stereocenters. The molecule has 0 aliphatic carbocycles. The molecule has 29 heavy (non-hydrogen) atoms. The second-order valence-electron chi connectivity index (χ2n) is 7.54. The number of carbonyl (C=O) groups excluding carboxylic acids is 1. The zero-order chi connectivity index (χ0) is 20.2. The highest BCUT2D eigenvalue weighted by Crippen LogP contribution is 2.22. The summed E-state index contributed by atoms with van der Waals surface area (Å²) >= 11 is 0. The molecule has 0 spiro atoms. The van der Waals surface area contributed by atoms with Gasteiger partial charge in [0.1, 0.15) is 5.75 Å². The average Bonchev–Trinajstić information content (AvgIpc) is 2.98. The smallest absolute Gasteiger partial charge is 0.227 e. The average molecular weight is 396 g/mol. The van der Waals surface area contributed by atoms with Crippen LogP contribution in [-0.4, -0.2) is 67.3 Å². The minimum Gasteiger partial charge on any atom is -0.497 e. The number of amides is 1. The van der Waals surface area contributed by atoms with Gasteiger partial charge in [-0.05, 0) is 36.6 Å². The monoisotopic (exact) mass is 396 g/mol. The third kappa shape index (κ3) is 4.50. The van der Waals surface area contributed by atoms with Gasteiger partial charge in [-0.2, -0.15) is 0 Å². The number of nitrogens with zero attached hydrogens (tertiary/aromatic N) is 4. The van der Waals surface area contributed by atoms with Crippen molar-refractivity contribution in [3.05, 3.63) is 46.8 Å². The molecule has 0 bridgehead atoms. The van der Waals surface area contributed by atoms with Crippen molar-refractivity contribution in [1.82, 2.24) is 14.9 Å². The van der Waals surface area contributed by atoms with Gasteiger partial charge in [0.05, 0.1) is 32.4 Å². The van der Waals surface area contributed by atoms with E-state index in [1.165, 1.54) is 5.56 Å². The Morgan fingerprint density at radius 1 is 1.07 bits per heavy atom. The van der Waals surface area contributed by atoms with Crippen molar-refractivity contribution in [3.63, 3.8) is 0 Å². The number of morpholine rings is 1. The van der Waals surface area contributed by atoms with Crippen LogP contribution >= 0.6 is 0 Å². The van der Waals surface area contributed by atoms with Crippen LogP contribution in [0.3, 0.4) is 0 Å². The number of methoxy groups -OCH3 is 1. The number of rotatable bonds is 4. The molecular weight excluding hydrogens is 368 g/mol. The molecule has 0 N–H and O–H groups in total. The second-order valence-corrected chi connectivity index (χ2v) is 7.54. The van der Waals surface area contributed by atoms with E-state index in [1.807, 2.05) is 29.2 Å². The van der Waals surface area contributed by atoms with Crippen molar-refractivity contribution in [2.45, 2.75) is 26.2 Å². The number of hydrogen-bond donors (Lipinski definition) is 0. The van der Waals surface area contributed by atoms with Crippen molar-refractivity contribution in [1.29, 1.82) is 0 Å². The Morgan fingerprint density at radius 3 is 2.52 bits per heavy atom. The molecule has 1 aromatic carbocycles. The van der Waals surface area contributed by atoms with Crippen LogP contribution in [0.5, 0.6) is 5.75 Å². The van der Waals surface area contributed by atoms with Crippen LogP contribution in [0, 0.1) is 6.92 Å². The Hall–Kier alpha value is -2.67. The molecule has 0 atom stereocenters. The lowest BCUT2D eigenvalue weighted by Gasteiger charge is -2.27. The first kappa shape index (κ1) is 19.6. The minimum atomic E-state index is 0.155. The van der Waals surface area contributed by atoms with Gasteiger partial charge in [-0.15, -0.1) is 0 Å². The van der Waals surface area contributed by atoms with E-state index >= 15 is 0 Å². The predicted molar refractivity (Wildman–Crippen MR) is 110 cm³/mol. The number of carbonyl (C=O) groups is 1. The molecule has 2 aliphatic rings. The SMILES string of the molecule is COc1ccc(CC(=O)N2CCc3nc(N4CCOCC4)nc(C)c3CC2)cc1. The van der Waals surface area contributed by atoms with Crippen molar-refractivity contribution in [2.24, 2.45) is 0 Å². The summed E-state index contributed by atoms with van der Waals surface area (Å²) in [4.78, 5) is 26.6. The Balaban J connectivity index is 1.44. The van der Waals surface area contributed by atoms with Gasteiger partial charge in [0, 0.05) is 38.3 Å². The van der Waals surface area contributed by atoms with Crippen molar-refractivity contribution in [2.75, 3.05) is 51.4 Å². The lowest BCUT2D eigenvalue weighted by molar-refractivity contribution is -0.130. The van der Waals surface area contributed by atoms with E-state index in [0.717, 1.165) is 54.6 Å². The van der Waals surface area contributed by atoms with Crippen LogP contribution in [0.2, 0.25) is 0 Å². The van der Waals surface area contributed by atoms with Crippen LogP contribution in [0.4, 0.5) is 5.95 Å². The Kier molecular flexibility index (Phi) is 5.94. The highest BCUT2D eigenvalue weighted by atomic mass is 16.5. The van der Waals surface area contributed by atoms with E-state index in [0.29, 0.717) is 32.7 Å². The van der Waals surface area contributed by atoms with Gasteiger partial charge in [0.15, 0.2) is 0 Å². The number of hydrogen-bond acceptors (Lipinski definition) is 6. The molecule has 0 radical (unpaired) electrons. The molecule has 1 fully saturated rings. The van der Waals surface area contributed by atoms with Gasteiger partial charge in [-0.3, -0.25) is 4.79 Å². The van der Waals surface area contributed by atoms with Gasteiger partial charge >= 0.3 is 0 Å². The number of fused-ring (bicyclic) bond motifs is 1. The summed E-state index contributed by atoms with van der Waals surface area (Å²) in [5, 5.41) is 0. The molecule has 0 saturated carbocycles. The number of anilines is 1. The standard InChI is InChI=1S/C22H28N4O3/c1-16-19-7-9-25(21(27)15-17-3-5-18(28-2)6-4-17)10-8-20(19)24-22(23-16)26-11-13-29-14-12-26/h3-6H,7-15H2,1-2H3. The normalized spacial score (nSPS) is 16.9. The fourth-order valence-corrected chi connectivity index (χ4v) is 3.95. The molecule has 2 aliphatic heterocycles. The largest absolute Gasteiger partial charge is 0.497 e. The quantitative estimate of drug-likeness (QED) is 0.785. The van der Waals surface area contributed by atoms with Gasteiger partial charge in [0.25, 0.3) is 0 Å². The molecule has 1 saturated heterocycles. The van der Waals surface area contributed by atoms with Crippen LogP contribution < -0.4 is 9.64 Å². The summed E-state index contributed by atoms with van der Waals surface area (Å²) in [6.45, 7) is 6.54. The number of aryl methyl sites for hydroxylation is 1. The van der Waals surface area contributed by atoms with Crippen LogP contribution in [0.25, 0.3) is 0 Å².